The first-order valence-corrected chi connectivity index (χ1v) is 7.76. The lowest BCUT2D eigenvalue weighted by Gasteiger charge is -2.33. The van der Waals surface area contributed by atoms with Gasteiger partial charge in [-0.3, -0.25) is 4.90 Å². The lowest BCUT2D eigenvalue weighted by molar-refractivity contribution is 0.208. The van der Waals surface area contributed by atoms with E-state index in [9.17, 15) is 0 Å². The molecule has 0 spiro atoms. The summed E-state index contributed by atoms with van der Waals surface area (Å²) in [7, 11) is 0. The SMILES string of the molecule is Cc1cccnc1NC1CCCN(Cc2ccccc2)C1. The van der Waals surface area contributed by atoms with Crippen molar-refractivity contribution in [2.75, 3.05) is 18.4 Å². The first-order valence-electron chi connectivity index (χ1n) is 7.76. The molecule has 1 aromatic heterocycles. The van der Waals surface area contributed by atoms with Gasteiger partial charge in [-0.05, 0) is 43.5 Å². The Morgan fingerprint density at radius 2 is 2.05 bits per heavy atom. The number of anilines is 1. The van der Waals surface area contributed by atoms with Crippen molar-refractivity contribution in [3.63, 3.8) is 0 Å². The molecule has 2 aromatic rings. The van der Waals surface area contributed by atoms with E-state index >= 15 is 0 Å². The van der Waals surface area contributed by atoms with Crippen molar-refractivity contribution < 1.29 is 0 Å². The van der Waals surface area contributed by atoms with E-state index in [0.29, 0.717) is 6.04 Å². The van der Waals surface area contributed by atoms with Gasteiger partial charge in [0.2, 0.25) is 0 Å². The molecule has 1 aromatic carbocycles. The van der Waals surface area contributed by atoms with Crippen LogP contribution in [0.15, 0.2) is 48.7 Å². The summed E-state index contributed by atoms with van der Waals surface area (Å²) in [5.74, 6) is 1.03. The number of piperidine rings is 1. The van der Waals surface area contributed by atoms with Crippen molar-refractivity contribution in [1.82, 2.24) is 9.88 Å². The number of rotatable bonds is 4. The molecule has 0 amide bonds. The Morgan fingerprint density at radius 1 is 1.19 bits per heavy atom. The van der Waals surface area contributed by atoms with Gasteiger partial charge < -0.3 is 5.32 Å². The van der Waals surface area contributed by atoms with Gasteiger partial charge in [0.05, 0.1) is 0 Å². The number of nitrogens with one attached hydrogen (secondary N) is 1. The third kappa shape index (κ3) is 3.82. The third-order valence-corrected chi connectivity index (χ3v) is 4.10. The lowest BCUT2D eigenvalue weighted by Crippen LogP contribution is -2.41. The maximum absolute atomic E-state index is 4.45. The summed E-state index contributed by atoms with van der Waals surface area (Å²) in [5, 5.41) is 3.61. The average molecular weight is 281 g/mol. The van der Waals surface area contributed by atoms with Crippen LogP contribution in [-0.4, -0.2) is 29.0 Å². The monoisotopic (exact) mass is 281 g/mol. The topological polar surface area (TPSA) is 28.2 Å². The summed E-state index contributed by atoms with van der Waals surface area (Å²) < 4.78 is 0. The quantitative estimate of drug-likeness (QED) is 0.930. The second-order valence-electron chi connectivity index (χ2n) is 5.87. The number of likely N-dealkylation sites (tertiary alicyclic amines) is 1. The molecule has 1 unspecified atom stereocenters. The molecule has 3 rings (SSSR count). The van der Waals surface area contributed by atoms with Gasteiger partial charge in [0.25, 0.3) is 0 Å². The van der Waals surface area contributed by atoms with Gasteiger partial charge in [-0.15, -0.1) is 0 Å². The van der Waals surface area contributed by atoms with Crippen LogP contribution in [0.3, 0.4) is 0 Å². The first-order chi connectivity index (χ1) is 10.3. The summed E-state index contributed by atoms with van der Waals surface area (Å²) in [6.07, 6.45) is 4.33. The van der Waals surface area contributed by atoms with Crippen molar-refractivity contribution in [1.29, 1.82) is 0 Å². The molecule has 1 aliphatic rings. The first kappa shape index (κ1) is 14.1. The van der Waals surface area contributed by atoms with Crippen molar-refractivity contribution in [3.05, 3.63) is 59.8 Å². The fourth-order valence-corrected chi connectivity index (χ4v) is 2.99. The van der Waals surface area contributed by atoms with Gasteiger partial charge in [-0.2, -0.15) is 0 Å². The summed E-state index contributed by atoms with van der Waals surface area (Å²) in [5.41, 5.74) is 2.62. The van der Waals surface area contributed by atoms with Crippen LogP contribution in [0.4, 0.5) is 5.82 Å². The Morgan fingerprint density at radius 3 is 2.86 bits per heavy atom. The Balaban J connectivity index is 1.60. The van der Waals surface area contributed by atoms with Crippen LogP contribution in [0.5, 0.6) is 0 Å². The molecule has 0 bridgehead atoms. The van der Waals surface area contributed by atoms with E-state index < -0.39 is 0 Å². The molecular formula is C18H23N3. The van der Waals surface area contributed by atoms with Crippen LogP contribution in [0.2, 0.25) is 0 Å². The number of aromatic nitrogens is 1. The number of aryl methyl sites for hydroxylation is 1. The van der Waals surface area contributed by atoms with E-state index in [1.807, 2.05) is 12.3 Å². The average Bonchev–Trinajstić information content (AvgIpc) is 2.51. The van der Waals surface area contributed by atoms with Crippen molar-refractivity contribution in [2.24, 2.45) is 0 Å². The van der Waals surface area contributed by atoms with Gasteiger partial charge in [-0.25, -0.2) is 4.98 Å². The van der Waals surface area contributed by atoms with Crippen molar-refractivity contribution >= 4 is 5.82 Å². The Hall–Kier alpha value is -1.87. The van der Waals surface area contributed by atoms with Crippen LogP contribution >= 0.6 is 0 Å². The van der Waals surface area contributed by atoms with Crippen LogP contribution in [-0.2, 0) is 6.54 Å². The normalized spacial score (nSPS) is 19.4. The summed E-state index contributed by atoms with van der Waals surface area (Å²) in [4.78, 5) is 6.99. The number of nitrogens with zero attached hydrogens (tertiary/aromatic N) is 2. The zero-order valence-corrected chi connectivity index (χ0v) is 12.6. The third-order valence-electron chi connectivity index (χ3n) is 4.10. The van der Waals surface area contributed by atoms with E-state index in [2.05, 4.69) is 58.5 Å². The molecule has 1 saturated heterocycles. The van der Waals surface area contributed by atoms with Crippen LogP contribution in [0.25, 0.3) is 0 Å². The van der Waals surface area contributed by atoms with Gasteiger partial charge in [-0.1, -0.05) is 36.4 Å². The minimum atomic E-state index is 0.496. The predicted molar refractivity (Wildman–Crippen MR) is 87.3 cm³/mol. The zero-order valence-electron chi connectivity index (χ0n) is 12.6. The maximum atomic E-state index is 4.45. The molecule has 0 saturated carbocycles. The molecule has 21 heavy (non-hydrogen) atoms. The minimum absolute atomic E-state index is 0.496. The highest BCUT2D eigenvalue weighted by Gasteiger charge is 2.20. The molecule has 1 fully saturated rings. The summed E-state index contributed by atoms with van der Waals surface area (Å²) >= 11 is 0. The van der Waals surface area contributed by atoms with E-state index in [4.69, 9.17) is 0 Å². The van der Waals surface area contributed by atoms with Gasteiger partial charge in [0.1, 0.15) is 5.82 Å². The van der Waals surface area contributed by atoms with E-state index in [0.717, 1.165) is 18.9 Å². The fraction of sp³-hybridized carbons (Fsp3) is 0.389. The van der Waals surface area contributed by atoms with Crippen molar-refractivity contribution in [3.8, 4) is 0 Å². The van der Waals surface area contributed by atoms with Crippen LogP contribution in [0, 0.1) is 6.92 Å². The number of hydrogen-bond acceptors (Lipinski definition) is 3. The highest BCUT2D eigenvalue weighted by Crippen LogP contribution is 2.18. The summed E-state index contributed by atoms with van der Waals surface area (Å²) in [6, 6.07) is 15.3. The molecule has 0 radical (unpaired) electrons. The molecule has 2 heterocycles. The zero-order chi connectivity index (χ0) is 14.5. The number of pyridine rings is 1. The molecule has 110 valence electrons. The minimum Gasteiger partial charge on any atom is -0.366 e. The Kier molecular flexibility index (Phi) is 4.51. The second kappa shape index (κ2) is 6.72. The molecule has 1 atom stereocenters. The lowest BCUT2D eigenvalue weighted by atomic mass is 10.0. The van der Waals surface area contributed by atoms with E-state index in [1.165, 1.54) is 30.5 Å². The van der Waals surface area contributed by atoms with E-state index in [1.54, 1.807) is 0 Å². The largest absolute Gasteiger partial charge is 0.366 e. The molecule has 3 nitrogen and oxygen atoms in total. The molecule has 1 N–H and O–H groups in total. The smallest absolute Gasteiger partial charge is 0.129 e. The van der Waals surface area contributed by atoms with Crippen molar-refractivity contribution in [2.45, 2.75) is 32.4 Å². The summed E-state index contributed by atoms with van der Waals surface area (Å²) in [6.45, 7) is 5.43. The standard InChI is InChI=1S/C18H23N3/c1-15-7-5-11-19-18(15)20-17-10-6-12-21(14-17)13-16-8-3-2-4-9-16/h2-5,7-9,11,17H,6,10,12-14H2,1H3,(H,19,20). The highest BCUT2D eigenvalue weighted by atomic mass is 15.2. The van der Waals surface area contributed by atoms with Crippen LogP contribution < -0.4 is 5.32 Å². The number of benzene rings is 1. The van der Waals surface area contributed by atoms with Gasteiger partial charge >= 0.3 is 0 Å². The highest BCUT2D eigenvalue weighted by molar-refractivity contribution is 5.43. The second-order valence-corrected chi connectivity index (χ2v) is 5.87. The Labute approximate surface area is 127 Å². The molecule has 0 aliphatic carbocycles. The van der Waals surface area contributed by atoms with E-state index in [-0.39, 0.29) is 0 Å². The molecule has 1 aliphatic heterocycles. The molecule has 3 heteroatoms. The number of hydrogen-bond donors (Lipinski definition) is 1. The Bertz CT molecular complexity index is 568. The van der Waals surface area contributed by atoms with Gasteiger partial charge in [0.15, 0.2) is 0 Å². The predicted octanol–water partition coefficient (Wildman–Crippen LogP) is 3.47. The van der Waals surface area contributed by atoms with Crippen LogP contribution in [0.1, 0.15) is 24.0 Å². The molecular weight excluding hydrogens is 258 g/mol. The van der Waals surface area contributed by atoms with Gasteiger partial charge in [0, 0.05) is 25.3 Å². The maximum Gasteiger partial charge on any atom is 0.129 e. The fourth-order valence-electron chi connectivity index (χ4n) is 2.99.